The van der Waals surface area contributed by atoms with Gasteiger partial charge in [0.2, 0.25) is 0 Å². The van der Waals surface area contributed by atoms with Crippen molar-refractivity contribution in [1.82, 2.24) is 4.98 Å². The van der Waals surface area contributed by atoms with E-state index in [-0.39, 0.29) is 0 Å². The first-order valence-electron chi connectivity index (χ1n) is 5.46. The minimum atomic E-state index is 0.582. The van der Waals surface area contributed by atoms with Crippen LogP contribution in [0.5, 0.6) is 0 Å². The first-order valence-corrected chi connectivity index (χ1v) is 6.00. The maximum atomic E-state index is 5.56. The van der Waals surface area contributed by atoms with Crippen LogP contribution in [0.15, 0.2) is 48.7 Å². The number of aromatic nitrogens is 1. The van der Waals surface area contributed by atoms with Crippen LogP contribution >= 0.6 is 11.6 Å². The van der Waals surface area contributed by atoms with E-state index in [1.54, 1.807) is 6.20 Å². The normalized spacial score (nSPS) is 9.47. The number of benzene rings is 1. The molecule has 1 aromatic heterocycles. The summed E-state index contributed by atoms with van der Waals surface area (Å²) in [5, 5.41) is 0. The Morgan fingerprint density at radius 3 is 2.53 bits per heavy atom. The third-order valence-corrected chi connectivity index (χ3v) is 2.49. The van der Waals surface area contributed by atoms with E-state index in [1.165, 1.54) is 0 Å². The minimum Gasteiger partial charge on any atom is -0.256 e. The predicted molar refractivity (Wildman–Crippen MR) is 71.9 cm³/mol. The topological polar surface area (TPSA) is 12.9 Å². The van der Waals surface area contributed by atoms with Crippen LogP contribution in [0.25, 0.3) is 11.3 Å². The Morgan fingerprint density at radius 2 is 1.88 bits per heavy atom. The maximum absolute atomic E-state index is 5.56. The van der Waals surface area contributed by atoms with Gasteiger partial charge in [-0.05, 0) is 24.3 Å². The molecule has 0 spiro atoms. The van der Waals surface area contributed by atoms with Crippen molar-refractivity contribution in [3.8, 4) is 23.1 Å². The zero-order valence-corrected chi connectivity index (χ0v) is 10.1. The number of rotatable bonds is 2. The Labute approximate surface area is 106 Å². The van der Waals surface area contributed by atoms with Crippen LogP contribution < -0.4 is 0 Å². The fraction of sp³-hybridized carbons (Fsp3) is 0.133. The van der Waals surface area contributed by atoms with Crippen molar-refractivity contribution in [3.63, 3.8) is 0 Å². The quantitative estimate of drug-likeness (QED) is 0.577. The molecule has 0 aliphatic heterocycles. The van der Waals surface area contributed by atoms with E-state index in [4.69, 9.17) is 11.6 Å². The van der Waals surface area contributed by atoms with Crippen LogP contribution in [-0.2, 0) is 0 Å². The Balaban J connectivity index is 2.17. The van der Waals surface area contributed by atoms with E-state index in [2.05, 4.69) is 16.8 Å². The van der Waals surface area contributed by atoms with Gasteiger partial charge in [-0.3, -0.25) is 4.98 Å². The average Bonchev–Trinajstić information content (AvgIpc) is 2.41. The van der Waals surface area contributed by atoms with E-state index in [0.29, 0.717) is 5.88 Å². The molecule has 1 heterocycles. The average molecular weight is 242 g/mol. The third kappa shape index (κ3) is 3.34. The molecule has 0 aliphatic carbocycles. The number of halogens is 1. The smallest absolute Gasteiger partial charge is 0.0701 e. The van der Waals surface area contributed by atoms with Gasteiger partial charge in [0.15, 0.2) is 0 Å². The van der Waals surface area contributed by atoms with Gasteiger partial charge in [-0.25, -0.2) is 0 Å². The van der Waals surface area contributed by atoms with Crippen molar-refractivity contribution in [2.24, 2.45) is 0 Å². The van der Waals surface area contributed by atoms with Crippen LogP contribution in [0.3, 0.4) is 0 Å². The summed E-state index contributed by atoms with van der Waals surface area (Å²) in [7, 11) is 0. The lowest BCUT2D eigenvalue weighted by Crippen LogP contribution is -1.82. The van der Waals surface area contributed by atoms with Gasteiger partial charge >= 0.3 is 0 Å². The minimum absolute atomic E-state index is 0.582. The molecule has 17 heavy (non-hydrogen) atoms. The van der Waals surface area contributed by atoms with Crippen molar-refractivity contribution in [2.75, 3.05) is 5.88 Å². The summed E-state index contributed by atoms with van der Waals surface area (Å²) in [5.41, 5.74) is 3.09. The van der Waals surface area contributed by atoms with Crippen LogP contribution in [0, 0.1) is 11.8 Å². The molecule has 2 rings (SSSR count). The van der Waals surface area contributed by atoms with Gasteiger partial charge in [0, 0.05) is 29.6 Å². The van der Waals surface area contributed by atoms with E-state index in [1.807, 2.05) is 42.5 Å². The molecule has 0 radical (unpaired) electrons. The second-order valence-electron chi connectivity index (χ2n) is 3.53. The molecule has 0 unspecified atom stereocenters. The second-order valence-corrected chi connectivity index (χ2v) is 3.91. The van der Waals surface area contributed by atoms with E-state index >= 15 is 0 Å². The van der Waals surface area contributed by atoms with Gasteiger partial charge in [0.05, 0.1) is 5.69 Å². The second kappa shape index (κ2) is 6.08. The van der Waals surface area contributed by atoms with Gasteiger partial charge in [0.25, 0.3) is 0 Å². The van der Waals surface area contributed by atoms with Crippen molar-refractivity contribution in [2.45, 2.75) is 6.42 Å². The third-order valence-electron chi connectivity index (χ3n) is 2.30. The summed E-state index contributed by atoms with van der Waals surface area (Å²) in [6.07, 6.45) is 2.52. The van der Waals surface area contributed by atoms with E-state index in [0.717, 1.165) is 23.2 Å². The van der Waals surface area contributed by atoms with Gasteiger partial charge in [-0.15, -0.1) is 11.6 Å². The van der Waals surface area contributed by atoms with Gasteiger partial charge in [-0.1, -0.05) is 30.0 Å². The highest BCUT2D eigenvalue weighted by Gasteiger charge is 1.96. The first kappa shape index (κ1) is 11.7. The Morgan fingerprint density at radius 1 is 1.06 bits per heavy atom. The lowest BCUT2D eigenvalue weighted by atomic mass is 10.1. The molecule has 0 fully saturated rings. The molecule has 0 saturated carbocycles. The maximum Gasteiger partial charge on any atom is 0.0701 e. The molecule has 0 bridgehead atoms. The summed E-state index contributed by atoms with van der Waals surface area (Å²) in [5.74, 6) is 6.66. The van der Waals surface area contributed by atoms with Gasteiger partial charge in [0.1, 0.15) is 0 Å². The van der Waals surface area contributed by atoms with Crippen molar-refractivity contribution in [3.05, 3.63) is 54.2 Å². The van der Waals surface area contributed by atoms with Crippen LogP contribution in [0.1, 0.15) is 12.0 Å². The SMILES string of the molecule is ClCCC#Cc1ccc(-c2ccccn2)cc1. The first-order chi connectivity index (χ1) is 8.40. The molecule has 0 amide bonds. The standard InChI is InChI=1S/C15H12ClN/c16-11-3-1-5-13-7-9-14(10-8-13)15-6-2-4-12-17-15/h2,4,6-10,12H,3,11H2. The fourth-order valence-electron chi connectivity index (χ4n) is 1.47. The molecular weight excluding hydrogens is 230 g/mol. The Hall–Kier alpha value is -1.78. The van der Waals surface area contributed by atoms with Crippen molar-refractivity contribution < 1.29 is 0 Å². The summed E-state index contributed by atoms with van der Waals surface area (Å²) in [6.45, 7) is 0. The van der Waals surface area contributed by atoms with E-state index in [9.17, 15) is 0 Å². The zero-order valence-electron chi connectivity index (χ0n) is 9.36. The number of hydrogen-bond donors (Lipinski definition) is 0. The largest absolute Gasteiger partial charge is 0.256 e. The Bertz CT molecular complexity index is 520. The van der Waals surface area contributed by atoms with Crippen molar-refractivity contribution in [1.29, 1.82) is 0 Å². The lowest BCUT2D eigenvalue weighted by molar-refractivity contribution is 1.29. The molecule has 84 valence electrons. The molecule has 0 aliphatic rings. The van der Waals surface area contributed by atoms with Crippen LogP contribution in [0.4, 0.5) is 0 Å². The molecule has 2 heteroatoms. The summed E-state index contributed by atoms with van der Waals surface area (Å²) in [6, 6.07) is 14.0. The highest BCUT2D eigenvalue weighted by Crippen LogP contribution is 2.16. The van der Waals surface area contributed by atoms with Gasteiger partial charge < -0.3 is 0 Å². The molecule has 0 N–H and O–H groups in total. The number of pyridine rings is 1. The Kier molecular flexibility index (Phi) is 4.18. The van der Waals surface area contributed by atoms with Crippen molar-refractivity contribution >= 4 is 11.6 Å². The number of hydrogen-bond acceptors (Lipinski definition) is 1. The lowest BCUT2D eigenvalue weighted by Gasteiger charge is -1.99. The highest BCUT2D eigenvalue weighted by molar-refractivity contribution is 6.18. The van der Waals surface area contributed by atoms with Crippen LogP contribution in [0.2, 0.25) is 0 Å². The zero-order chi connectivity index (χ0) is 11.9. The fourth-order valence-corrected chi connectivity index (χ4v) is 1.56. The molecule has 1 nitrogen and oxygen atoms in total. The molecule has 1 aromatic carbocycles. The monoisotopic (exact) mass is 241 g/mol. The highest BCUT2D eigenvalue weighted by atomic mass is 35.5. The summed E-state index contributed by atoms with van der Waals surface area (Å²) in [4.78, 5) is 4.30. The molecule has 0 saturated heterocycles. The molecule has 2 aromatic rings. The van der Waals surface area contributed by atoms with Gasteiger partial charge in [-0.2, -0.15) is 0 Å². The predicted octanol–water partition coefficient (Wildman–Crippen LogP) is 3.73. The molecular formula is C15H12ClN. The van der Waals surface area contributed by atoms with Crippen LogP contribution in [-0.4, -0.2) is 10.9 Å². The number of alkyl halides is 1. The van der Waals surface area contributed by atoms with E-state index < -0.39 is 0 Å². The summed E-state index contributed by atoms with van der Waals surface area (Å²) < 4.78 is 0. The molecule has 0 atom stereocenters. The summed E-state index contributed by atoms with van der Waals surface area (Å²) >= 11 is 5.56. The number of nitrogens with zero attached hydrogens (tertiary/aromatic N) is 1.